The van der Waals surface area contributed by atoms with Crippen molar-refractivity contribution in [1.29, 1.82) is 0 Å². The molecule has 1 unspecified atom stereocenters. The van der Waals surface area contributed by atoms with Crippen molar-refractivity contribution in [3.8, 4) is 0 Å². The lowest BCUT2D eigenvalue weighted by Gasteiger charge is -2.24. The van der Waals surface area contributed by atoms with Gasteiger partial charge in [0.15, 0.2) is 0 Å². The number of nitrogens with zero attached hydrogens (tertiary/aromatic N) is 1. The number of hydrogen-bond acceptors (Lipinski definition) is 3. The van der Waals surface area contributed by atoms with Crippen LogP contribution in [0.1, 0.15) is 44.9 Å². The Morgan fingerprint density at radius 3 is 2.50 bits per heavy atom. The topological polar surface area (TPSA) is 72.6 Å². The van der Waals surface area contributed by atoms with E-state index in [4.69, 9.17) is 10.5 Å². The van der Waals surface area contributed by atoms with Crippen molar-refractivity contribution in [2.24, 2.45) is 11.7 Å². The largest absolute Gasteiger partial charge is 0.464 e. The predicted octanol–water partition coefficient (Wildman–Crippen LogP) is 1.65. The Hall–Kier alpha value is -1.26. The third kappa shape index (κ3) is 3.15. The van der Waals surface area contributed by atoms with Gasteiger partial charge in [0.2, 0.25) is 0 Å². The van der Waals surface area contributed by atoms with Crippen LogP contribution in [0.5, 0.6) is 0 Å². The second kappa shape index (κ2) is 6.07. The van der Waals surface area contributed by atoms with Gasteiger partial charge in [0.25, 0.3) is 0 Å². The Morgan fingerprint density at radius 2 is 1.83 bits per heavy atom. The number of hydrogen-bond donors (Lipinski definition) is 1. The molecule has 2 rings (SSSR count). The Bertz CT molecular complexity index is 313. The summed E-state index contributed by atoms with van der Waals surface area (Å²) in [6.07, 6.45) is 7.56. The highest BCUT2D eigenvalue weighted by molar-refractivity contribution is 5.83. The molecule has 0 aromatic carbocycles. The average Bonchev–Trinajstić information content (AvgIpc) is 2.86. The van der Waals surface area contributed by atoms with Crippen LogP contribution >= 0.6 is 0 Å². The van der Waals surface area contributed by atoms with Gasteiger partial charge in [0, 0.05) is 6.54 Å². The number of carbonyl (C=O) groups is 2. The molecule has 0 aromatic rings. The van der Waals surface area contributed by atoms with E-state index in [-0.39, 0.29) is 5.97 Å². The SMILES string of the molecule is NC(=O)N1CCCC1C(=O)OCC1CCCCC1. The first-order valence-corrected chi connectivity index (χ1v) is 6.91. The van der Waals surface area contributed by atoms with E-state index in [2.05, 4.69) is 0 Å². The van der Waals surface area contributed by atoms with Crippen LogP contribution in [0, 0.1) is 5.92 Å². The molecule has 5 heteroatoms. The molecule has 0 spiro atoms. The van der Waals surface area contributed by atoms with Crippen LogP contribution in [0.15, 0.2) is 0 Å². The minimum absolute atomic E-state index is 0.281. The third-order valence-electron chi connectivity index (χ3n) is 3.99. The standard InChI is InChI=1S/C13H22N2O3/c14-13(17)15-8-4-7-11(15)12(16)18-9-10-5-2-1-3-6-10/h10-11H,1-9H2,(H2,14,17). The number of likely N-dealkylation sites (tertiary alicyclic amines) is 1. The Morgan fingerprint density at radius 1 is 1.11 bits per heavy atom. The molecule has 0 radical (unpaired) electrons. The average molecular weight is 254 g/mol. The minimum atomic E-state index is -0.521. The lowest BCUT2D eigenvalue weighted by molar-refractivity contribution is -0.149. The van der Waals surface area contributed by atoms with Crippen LogP contribution < -0.4 is 5.73 Å². The smallest absolute Gasteiger partial charge is 0.328 e. The second-order valence-electron chi connectivity index (χ2n) is 5.32. The van der Waals surface area contributed by atoms with E-state index in [0.29, 0.717) is 25.5 Å². The lowest BCUT2D eigenvalue weighted by atomic mass is 9.90. The summed E-state index contributed by atoms with van der Waals surface area (Å²) in [6, 6.07) is -0.974. The maximum absolute atomic E-state index is 11.9. The van der Waals surface area contributed by atoms with Crippen molar-refractivity contribution in [3.05, 3.63) is 0 Å². The zero-order valence-corrected chi connectivity index (χ0v) is 10.8. The summed E-state index contributed by atoms with van der Waals surface area (Å²) in [5.41, 5.74) is 5.24. The third-order valence-corrected chi connectivity index (χ3v) is 3.99. The number of carbonyl (C=O) groups excluding carboxylic acids is 2. The zero-order valence-electron chi connectivity index (χ0n) is 10.8. The monoisotopic (exact) mass is 254 g/mol. The summed E-state index contributed by atoms with van der Waals surface area (Å²) in [4.78, 5) is 24.5. The van der Waals surface area contributed by atoms with Crippen LogP contribution in [-0.2, 0) is 9.53 Å². The van der Waals surface area contributed by atoms with E-state index >= 15 is 0 Å². The maximum Gasteiger partial charge on any atom is 0.328 e. The summed E-state index contributed by atoms with van der Waals surface area (Å²) < 4.78 is 5.36. The van der Waals surface area contributed by atoms with E-state index in [1.165, 1.54) is 24.2 Å². The number of urea groups is 1. The minimum Gasteiger partial charge on any atom is -0.464 e. The van der Waals surface area contributed by atoms with Gasteiger partial charge in [-0.05, 0) is 31.6 Å². The Kier molecular flexibility index (Phi) is 4.44. The molecule has 1 atom stereocenters. The molecule has 1 aliphatic carbocycles. The summed E-state index contributed by atoms with van der Waals surface area (Å²) in [5, 5.41) is 0. The van der Waals surface area contributed by atoms with Crippen molar-refractivity contribution in [2.75, 3.05) is 13.2 Å². The lowest BCUT2D eigenvalue weighted by Crippen LogP contribution is -2.44. The van der Waals surface area contributed by atoms with Gasteiger partial charge in [-0.1, -0.05) is 19.3 Å². The number of ether oxygens (including phenoxy) is 1. The molecule has 1 saturated heterocycles. The van der Waals surface area contributed by atoms with Crippen LogP contribution in [0.4, 0.5) is 4.79 Å². The molecule has 1 aliphatic heterocycles. The molecule has 18 heavy (non-hydrogen) atoms. The molecule has 0 aromatic heterocycles. The number of esters is 1. The first-order valence-electron chi connectivity index (χ1n) is 6.91. The molecule has 5 nitrogen and oxygen atoms in total. The molecule has 1 heterocycles. The van der Waals surface area contributed by atoms with Crippen LogP contribution in [-0.4, -0.2) is 36.1 Å². The van der Waals surface area contributed by atoms with Crippen molar-refractivity contribution in [1.82, 2.24) is 4.90 Å². The first kappa shape index (κ1) is 13.2. The molecule has 2 amide bonds. The van der Waals surface area contributed by atoms with Crippen molar-refractivity contribution in [2.45, 2.75) is 51.0 Å². The van der Waals surface area contributed by atoms with Crippen molar-refractivity contribution in [3.63, 3.8) is 0 Å². The van der Waals surface area contributed by atoms with Gasteiger partial charge in [-0.3, -0.25) is 0 Å². The summed E-state index contributed by atoms with van der Waals surface area (Å²) in [7, 11) is 0. The van der Waals surface area contributed by atoms with E-state index in [1.54, 1.807) is 0 Å². The van der Waals surface area contributed by atoms with Gasteiger partial charge in [-0.25, -0.2) is 9.59 Å². The molecule has 2 aliphatic rings. The highest BCUT2D eigenvalue weighted by Gasteiger charge is 2.34. The van der Waals surface area contributed by atoms with Gasteiger partial charge in [-0.2, -0.15) is 0 Å². The zero-order chi connectivity index (χ0) is 13.0. The maximum atomic E-state index is 11.9. The Labute approximate surface area is 108 Å². The predicted molar refractivity (Wildman–Crippen MR) is 66.8 cm³/mol. The summed E-state index contributed by atoms with van der Waals surface area (Å²) >= 11 is 0. The molecular formula is C13H22N2O3. The fraction of sp³-hybridized carbons (Fsp3) is 0.846. The van der Waals surface area contributed by atoms with Gasteiger partial charge >= 0.3 is 12.0 Å². The van der Waals surface area contributed by atoms with Gasteiger partial charge in [0.05, 0.1) is 6.61 Å². The van der Waals surface area contributed by atoms with Crippen LogP contribution in [0.3, 0.4) is 0 Å². The number of primary amides is 1. The fourth-order valence-electron chi connectivity index (χ4n) is 2.93. The van der Waals surface area contributed by atoms with Crippen LogP contribution in [0.2, 0.25) is 0 Å². The highest BCUT2D eigenvalue weighted by atomic mass is 16.5. The van der Waals surface area contributed by atoms with E-state index in [0.717, 1.165) is 19.3 Å². The molecule has 0 bridgehead atoms. The van der Waals surface area contributed by atoms with Crippen LogP contribution in [0.25, 0.3) is 0 Å². The van der Waals surface area contributed by atoms with Crippen molar-refractivity contribution >= 4 is 12.0 Å². The van der Waals surface area contributed by atoms with E-state index in [1.807, 2.05) is 0 Å². The molecule has 2 N–H and O–H groups in total. The summed E-state index contributed by atoms with van der Waals surface area (Å²) in [5.74, 6) is 0.225. The van der Waals surface area contributed by atoms with Gasteiger partial charge in [-0.15, -0.1) is 0 Å². The second-order valence-corrected chi connectivity index (χ2v) is 5.32. The molecule has 2 fully saturated rings. The summed E-state index contributed by atoms with van der Waals surface area (Å²) in [6.45, 7) is 1.07. The Balaban J connectivity index is 1.78. The molecular weight excluding hydrogens is 232 g/mol. The van der Waals surface area contributed by atoms with E-state index in [9.17, 15) is 9.59 Å². The number of rotatable bonds is 3. The first-order chi connectivity index (χ1) is 8.68. The number of amides is 2. The molecule has 1 saturated carbocycles. The highest BCUT2D eigenvalue weighted by Crippen LogP contribution is 2.24. The van der Waals surface area contributed by atoms with E-state index < -0.39 is 12.1 Å². The van der Waals surface area contributed by atoms with Gasteiger partial charge in [0.1, 0.15) is 6.04 Å². The number of nitrogens with two attached hydrogens (primary N) is 1. The van der Waals surface area contributed by atoms with Gasteiger partial charge < -0.3 is 15.4 Å². The fourth-order valence-corrected chi connectivity index (χ4v) is 2.93. The normalized spacial score (nSPS) is 25.1. The molecule has 102 valence electrons. The van der Waals surface area contributed by atoms with Crippen molar-refractivity contribution < 1.29 is 14.3 Å². The quantitative estimate of drug-likeness (QED) is 0.778.